The highest BCUT2D eigenvalue weighted by Crippen LogP contribution is 2.11. The van der Waals surface area contributed by atoms with Crippen LogP contribution in [-0.2, 0) is 6.42 Å². The molecule has 2 rings (SSSR count). The number of hydrogen-bond acceptors (Lipinski definition) is 2. The number of nitrogens with zero attached hydrogens (tertiary/aromatic N) is 2. The lowest BCUT2D eigenvalue weighted by Gasteiger charge is -2.03. The number of hydrogen-bond donors (Lipinski definition) is 0. The first kappa shape index (κ1) is 9.77. The Balaban J connectivity index is 2.26. The van der Waals surface area contributed by atoms with Crippen LogP contribution in [0.5, 0.6) is 0 Å². The van der Waals surface area contributed by atoms with Gasteiger partial charge in [0.05, 0.1) is 0 Å². The van der Waals surface area contributed by atoms with Gasteiger partial charge in [-0.05, 0) is 30.2 Å². The molecule has 1 aromatic carbocycles. The highest BCUT2D eigenvalue weighted by Gasteiger charge is 2.01. The Morgan fingerprint density at radius 1 is 1.33 bits per heavy atom. The zero-order valence-electron chi connectivity index (χ0n) is 8.44. The van der Waals surface area contributed by atoms with E-state index in [2.05, 4.69) is 9.97 Å². The molecule has 3 heteroatoms. The maximum Gasteiger partial charge on any atom is 0.123 e. The smallest absolute Gasteiger partial charge is 0.123 e. The second kappa shape index (κ2) is 4.17. The Morgan fingerprint density at radius 3 is 2.93 bits per heavy atom. The Morgan fingerprint density at radius 2 is 2.20 bits per heavy atom. The molecule has 1 aromatic heterocycles. The number of aromatic nitrogens is 2. The average molecular weight is 202 g/mol. The molecule has 76 valence electrons. The van der Waals surface area contributed by atoms with Crippen LogP contribution >= 0.6 is 0 Å². The minimum Gasteiger partial charge on any atom is -0.245 e. The van der Waals surface area contributed by atoms with Gasteiger partial charge in [0.25, 0.3) is 0 Å². The summed E-state index contributed by atoms with van der Waals surface area (Å²) in [5.41, 5.74) is 2.91. The van der Waals surface area contributed by atoms with E-state index in [-0.39, 0.29) is 5.82 Å². The predicted octanol–water partition coefficient (Wildman–Crippen LogP) is 2.51. The summed E-state index contributed by atoms with van der Waals surface area (Å²) in [6.07, 6.45) is 3.96. The molecule has 0 saturated heterocycles. The van der Waals surface area contributed by atoms with E-state index in [4.69, 9.17) is 0 Å². The Hall–Kier alpha value is -1.77. The molecule has 2 nitrogen and oxygen atoms in total. The summed E-state index contributed by atoms with van der Waals surface area (Å²) in [7, 11) is 0. The van der Waals surface area contributed by atoms with Gasteiger partial charge in [0, 0.05) is 18.3 Å². The summed E-state index contributed by atoms with van der Waals surface area (Å²) in [5, 5.41) is 0. The zero-order valence-corrected chi connectivity index (χ0v) is 8.44. The van der Waals surface area contributed by atoms with Crippen molar-refractivity contribution in [3.05, 3.63) is 59.4 Å². The van der Waals surface area contributed by atoms with Gasteiger partial charge in [0.2, 0.25) is 0 Å². The van der Waals surface area contributed by atoms with Crippen molar-refractivity contribution in [1.82, 2.24) is 9.97 Å². The highest BCUT2D eigenvalue weighted by molar-refractivity contribution is 5.26. The van der Waals surface area contributed by atoms with E-state index in [0.29, 0.717) is 6.42 Å². The molecule has 0 aliphatic heterocycles. The van der Waals surface area contributed by atoms with E-state index in [0.717, 1.165) is 16.8 Å². The topological polar surface area (TPSA) is 25.8 Å². The van der Waals surface area contributed by atoms with E-state index in [1.165, 1.54) is 18.5 Å². The van der Waals surface area contributed by atoms with Crippen LogP contribution in [0.1, 0.15) is 16.8 Å². The summed E-state index contributed by atoms with van der Waals surface area (Å²) in [4.78, 5) is 8.05. The van der Waals surface area contributed by atoms with Crippen molar-refractivity contribution in [2.24, 2.45) is 0 Å². The summed E-state index contributed by atoms with van der Waals surface area (Å²) in [6, 6.07) is 6.59. The summed E-state index contributed by atoms with van der Waals surface area (Å²) in [5.74, 6) is -0.206. The second-order valence-corrected chi connectivity index (χ2v) is 3.44. The first-order valence-electron chi connectivity index (χ1n) is 4.75. The molecule has 0 amide bonds. The van der Waals surface area contributed by atoms with E-state index in [1.54, 1.807) is 12.3 Å². The third-order valence-corrected chi connectivity index (χ3v) is 2.30. The van der Waals surface area contributed by atoms with Crippen molar-refractivity contribution in [2.75, 3.05) is 0 Å². The summed E-state index contributed by atoms with van der Waals surface area (Å²) in [6.45, 7) is 1.93. The molecule has 1 heterocycles. The van der Waals surface area contributed by atoms with Crippen molar-refractivity contribution < 1.29 is 4.39 Å². The lowest BCUT2D eigenvalue weighted by atomic mass is 10.1. The van der Waals surface area contributed by atoms with Crippen LogP contribution < -0.4 is 0 Å². The van der Waals surface area contributed by atoms with Gasteiger partial charge in [0.1, 0.15) is 12.1 Å². The van der Waals surface area contributed by atoms with Crippen molar-refractivity contribution in [3.63, 3.8) is 0 Å². The molecule has 15 heavy (non-hydrogen) atoms. The Bertz CT molecular complexity index is 469. The lowest BCUT2D eigenvalue weighted by molar-refractivity contribution is 0.626. The van der Waals surface area contributed by atoms with Crippen LogP contribution in [-0.4, -0.2) is 9.97 Å². The van der Waals surface area contributed by atoms with Crippen LogP contribution in [0.4, 0.5) is 4.39 Å². The van der Waals surface area contributed by atoms with Gasteiger partial charge < -0.3 is 0 Å². The molecule has 0 atom stereocenters. The van der Waals surface area contributed by atoms with E-state index in [9.17, 15) is 4.39 Å². The largest absolute Gasteiger partial charge is 0.245 e. The highest BCUT2D eigenvalue weighted by atomic mass is 19.1. The third-order valence-electron chi connectivity index (χ3n) is 2.30. The second-order valence-electron chi connectivity index (χ2n) is 3.44. The number of aryl methyl sites for hydroxylation is 1. The normalized spacial score (nSPS) is 10.3. The van der Waals surface area contributed by atoms with Gasteiger partial charge in [-0.1, -0.05) is 12.1 Å². The van der Waals surface area contributed by atoms with Crippen LogP contribution in [0.3, 0.4) is 0 Å². The fraction of sp³-hybridized carbons (Fsp3) is 0.167. The number of benzene rings is 1. The molecule has 0 aliphatic rings. The fourth-order valence-electron chi connectivity index (χ4n) is 1.46. The summed E-state index contributed by atoms with van der Waals surface area (Å²) >= 11 is 0. The van der Waals surface area contributed by atoms with E-state index in [1.807, 2.05) is 13.0 Å². The van der Waals surface area contributed by atoms with Crippen LogP contribution in [0.15, 0.2) is 36.8 Å². The van der Waals surface area contributed by atoms with Gasteiger partial charge in [0.15, 0.2) is 0 Å². The van der Waals surface area contributed by atoms with Crippen molar-refractivity contribution in [3.8, 4) is 0 Å². The van der Waals surface area contributed by atoms with Crippen LogP contribution in [0.2, 0.25) is 0 Å². The van der Waals surface area contributed by atoms with Gasteiger partial charge in [-0.3, -0.25) is 0 Å². The predicted molar refractivity (Wildman–Crippen MR) is 56.0 cm³/mol. The summed E-state index contributed by atoms with van der Waals surface area (Å²) < 4.78 is 12.9. The van der Waals surface area contributed by atoms with Gasteiger partial charge >= 0.3 is 0 Å². The average Bonchev–Trinajstić information content (AvgIpc) is 2.22. The SMILES string of the molecule is Cc1ncncc1Cc1cccc(F)c1. The molecule has 0 spiro atoms. The molecule has 0 N–H and O–H groups in total. The van der Waals surface area contributed by atoms with Crippen molar-refractivity contribution in [1.29, 1.82) is 0 Å². The van der Waals surface area contributed by atoms with Crippen molar-refractivity contribution in [2.45, 2.75) is 13.3 Å². The Kier molecular flexibility index (Phi) is 2.72. The Labute approximate surface area is 87.8 Å². The minimum absolute atomic E-state index is 0.206. The standard InChI is InChI=1S/C12H11FN2/c1-9-11(7-14-8-15-9)5-10-3-2-4-12(13)6-10/h2-4,6-8H,5H2,1H3. The molecule has 2 aromatic rings. The first-order valence-corrected chi connectivity index (χ1v) is 4.75. The monoisotopic (exact) mass is 202 g/mol. The number of halogens is 1. The van der Waals surface area contributed by atoms with E-state index < -0.39 is 0 Å². The van der Waals surface area contributed by atoms with Gasteiger partial charge in [-0.25, -0.2) is 14.4 Å². The van der Waals surface area contributed by atoms with Crippen LogP contribution in [0.25, 0.3) is 0 Å². The molecular weight excluding hydrogens is 191 g/mol. The van der Waals surface area contributed by atoms with Gasteiger partial charge in [-0.2, -0.15) is 0 Å². The third kappa shape index (κ3) is 2.37. The maximum atomic E-state index is 12.9. The van der Waals surface area contributed by atoms with E-state index >= 15 is 0 Å². The van der Waals surface area contributed by atoms with Gasteiger partial charge in [-0.15, -0.1) is 0 Å². The molecule has 0 radical (unpaired) electrons. The first-order chi connectivity index (χ1) is 7.25. The van der Waals surface area contributed by atoms with Crippen LogP contribution in [0, 0.1) is 12.7 Å². The molecule has 0 unspecified atom stereocenters. The molecule has 0 saturated carbocycles. The quantitative estimate of drug-likeness (QED) is 0.747. The maximum absolute atomic E-state index is 12.9. The zero-order chi connectivity index (χ0) is 10.7. The number of rotatable bonds is 2. The lowest BCUT2D eigenvalue weighted by Crippen LogP contribution is -1.95. The fourth-order valence-corrected chi connectivity index (χ4v) is 1.46. The molecule has 0 bridgehead atoms. The molecule has 0 aliphatic carbocycles. The molecular formula is C12H11FN2. The molecule has 0 fully saturated rings. The van der Waals surface area contributed by atoms with Crippen molar-refractivity contribution >= 4 is 0 Å². The minimum atomic E-state index is -0.206.